The first-order chi connectivity index (χ1) is 33.8. The van der Waals surface area contributed by atoms with Crippen molar-refractivity contribution in [2.24, 2.45) is 0 Å². The van der Waals surface area contributed by atoms with Gasteiger partial charge >= 0.3 is 24.2 Å². The summed E-state index contributed by atoms with van der Waals surface area (Å²) in [4.78, 5) is 89.4. The average molecular weight is 998 g/mol. The number of carbonyl (C=O) groups is 4. The Morgan fingerprint density at radius 1 is 0.648 bits per heavy atom. The lowest BCUT2D eigenvalue weighted by Gasteiger charge is -2.42. The molecule has 6 aliphatic heterocycles. The molecule has 3 N–H and O–H groups in total. The highest BCUT2D eigenvalue weighted by molar-refractivity contribution is 6.29. The Kier molecular flexibility index (Phi) is 15.2. The van der Waals surface area contributed by atoms with Gasteiger partial charge in [0.1, 0.15) is 22.2 Å². The van der Waals surface area contributed by atoms with Gasteiger partial charge in [-0.25, -0.2) is 39.1 Å². The number of fused-ring (bicyclic) bond motifs is 8. The van der Waals surface area contributed by atoms with Crippen molar-refractivity contribution in [1.82, 2.24) is 45.0 Å². The lowest BCUT2D eigenvalue weighted by molar-refractivity contribution is 0.0197. The average Bonchev–Trinajstić information content (AvgIpc) is 3.94. The molecule has 0 radical (unpaired) electrons. The maximum Gasteiger partial charge on any atom is 0.410 e. The third kappa shape index (κ3) is 12.4. The number of carbonyl (C=O) groups excluding carboxylic acids is 4. The van der Waals surface area contributed by atoms with Gasteiger partial charge in [0, 0.05) is 102 Å². The van der Waals surface area contributed by atoms with Crippen LogP contribution in [0.2, 0.25) is 5.15 Å². The number of urea groups is 2. The number of anilines is 7. The predicted octanol–water partition coefficient (Wildman–Crippen LogP) is 6.32. The number of ether oxygens (including phenoxy) is 2. The van der Waals surface area contributed by atoms with Crippen LogP contribution >= 0.6 is 11.6 Å². The van der Waals surface area contributed by atoms with E-state index in [2.05, 4.69) is 75.5 Å². The summed E-state index contributed by atoms with van der Waals surface area (Å²) in [5, 5.41) is 9.28. The van der Waals surface area contributed by atoms with Crippen molar-refractivity contribution in [2.75, 3.05) is 101 Å². The van der Waals surface area contributed by atoms with Gasteiger partial charge < -0.3 is 39.3 Å². The number of pyridine rings is 2. The summed E-state index contributed by atoms with van der Waals surface area (Å²) in [5.41, 5.74) is 0.969. The quantitative estimate of drug-likeness (QED) is 0.191. The largest absolute Gasteiger partial charge is 0.444 e. The summed E-state index contributed by atoms with van der Waals surface area (Å²) >= 11 is 6.01. The Labute approximate surface area is 419 Å². The summed E-state index contributed by atoms with van der Waals surface area (Å²) in [6, 6.07) is 7.74. The molecule has 4 aromatic heterocycles. The van der Waals surface area contributed by atoms with Gasteiger partial charge in [0.25, 0.3) is 0 Å². The van der Waals surface area contributed by atoms with E-state index in [0.717, 1.165) is 75.8 Å². The van der Waals surface area contributed by atoms with E-state index in [1.807, 2.05) is 53.7 Å². The van der Waals surface area contributed by atoms with Crippen LogP contribution < -0.4 is 40.4 Å². The Balaban J connectivity index is 0.000000159. The van der Waals surface area contributed by atoms with Crippen LogP contribution in [0.4, 0.5) is 59.6 Å². The molecule has 4 fully saturated rings. The maximum absolute atomic E-state index is 13.3. The van der Waals surface area contributed by atoms with E-state index >= 15 is 0 Å². The van der Waals surface area contributed by atoms with Gasteiger partial charge in [-0.05, 0) is 92.5 Å². The van der Waals surface area contributed by atoms with E-state index in [9.17, 15) is 19.2 Å². The summed E-state index contributed by atoms with van der Waals surface area (Å²) in [5.74, 6) is 2.86. The van der Waals surface area contributed by atoms with Crippen molar-refractivity contribution in [3.05, 3.63) is 66.6 Å². The number of amides is 6. The fourth-order valence-electron chi connectivity index (χ4n) is 9.35. The predicted molar refractivity (Wildman–Crippen MR) is 272 cm³/mol. The third-order valence-electron chi connectivity index (χ3n) is 12.5. The van der Waals surface area contributed by atoms with Gasteiger partial charge in [-0.1, -0.05) is 11.6 Å². The molecule has 10 rings (SSSR count). The SMILES string of the molecule is CC1CN(C(=O)OC(C)(C)C)CCN1.CC1CN(C(=O)OC(C)(C)C)CCN1c1ccc2c(n1)N(C(=O)Nc1cnccn1)[C@H]1CCN2C1.O=C(Nc1cnccn1)N1c2nc(Cl)ccc2N2CC[C@H]1C2. The number of nitrogens with zero attached hydrogens (tertiary/aromatic N) is 13. The molecule has 4 aromatic rings. The zero-order valence-corrected chi connectivity index (χ0v) is 42.5. The monoisotopic (exact) mass is 996 g/mol. The molecule has 380 valence electrons. The van der Waals surface area contributed by atoms with Crippen LogP contribution in [0.15, 0.2) is 61.4 Å². The molecule has 4 bridgehead atoms. The first-order valence-corrected chi connectivity index (χ1v) is 24.5. The van der Waals surface area contributed by atoms with Gasteiger partial charge in [0.05, 0.1) is 35.9 Å². The molecule has 4 saturated heterocycles. The van der Waals surface area contributed by atoms with E-state index in [-0.39, 0.29) is 42.4 Å². The van der Waals surface area contributed by atoms with E-state index < -0.39 is 11.2 Å². The molecule has 2 unspecified atom stereocenters. The first-order valence-electron chi connectivity index (χ1n) is 24.2. The molecule has 4 atom stereocenters. The highest BCUT2D eigenvalue weighted by atomic mass is 35.5. The minimum atomic E-state index is -0.526. The van der Waals surface area contributed by atoms with Gasteiger partial charge in [0.2, 0.25) is 0 Å². The lowest BCUT2D eigenvalue weighted by Crippen LogP contribution is -2.55. The Morgan fingerprint density at radius 3 is 1.66 bits per heavy atom. The molecule has 0 saturated carbocycles. The highest BCUT2D eigenvalue weighted by Gasteiger charge is 2.42. The standard InChI is InChI=1S/C24H32N8O3.C14H13ClN6O.C10H20N2O2/c1-16-14-30(23(34)35-24(2,3)4)11-12-31(16)20-6-5-18-21(28-20)32(17-7-10-29(18)15-17)22(33)27-19-13-25-8-9-26-19;15-11-2-1-10-13(18-11)21(9-3-6-20(10)8-9)14(22)19-12-7-16-4-5-17-12;1-8-7-12(6-5-11-8)9(13)14-10(2,3)4/h5-6,8-9,13,16-17H,7,10-12,14-15H2,1-4H3,(H,26,27,33);1-2,4-5,7,9H,3,6,8H2,(H,17,19,22);8,11H,5-7H2,1-4H3/t16?,17-;9-;/m00./s1. The normalized spacial score (nSPS) is 21.2. The van der Waals surface area contributed by atoms with Crippen LogP contribution in [0.3, 0.4) is 0 Å². The first kappa shape index (κ1) is 50.6. The summed E-state index contributed by atoms with van der Waals surface area (Å²) in [6.45, 7) is 22.8. The molecule has 71 heavy (non-hydrogen) atoms. The molecule has 6 amide bonds. The molecule has 22 nitrogen and oxygen atoms in total. The maximum atomic E-state index is 13.3. The van der Waals surface area contributed by atoms with E-state index in [0.29, 0.717) is 54.1 Å². The second kappa shape index (κ2) is 21.3. The highest BCUT2D eigenvalue weighted by Crippen LogP contribution is 2.42. The van der Waals surface area contributed by atoms with Crippen molar-refractivity contribution >= 4 is 76.3 Å². The number of nitrogens with one attached hydrogen (secondary N) is 3. The van der Waals surface area contributed by atoms with Crippen LogP contribution in [-0.4, -0.2) is 165 Å². The zero-order valence-electron chi connectivity index (χ0n) is 41.7. The fourth-order valence-corrected chi connectivity index (χ4v) is 9.49. The van der Waals surface area contributed by atoms with Crippen molar-refractivity contribution in [2.45, 2.75) is 104 Å². The molecule has 6 aliphatic rings. The minimum absolute atomic E-state index is 0.0448. The summed E-state index contributed by atoms with van der Waals surface area (Å²) in [6.07, 6.45) is 10.5. The number of rotatable bonds is 3. The van der Waals surface area contributed by atoms with Crippen molar-refractivity contribution in [3.8, 4) is 0 Å². The number of piperazine rings is 2. The third-order valence-corrected chi connectivity index (χ3v) is 12.7. The Hall–Kier alpha value is -6.81. The summed E-state index contributed by atoms with van der Waals surface area (Å²) < 4.78 is 10.8. The van der Waals surface area contributed by atoms with E-state index in [4.69, 9.17) is 26.1 Å². The van der Waals surface area contributed by atoms with Gasteiger partial charge in [0.15, 0.2) is 23.3 Å². The van der Waals surface area contributed by atoms with Crippen LogP contribution in [0, 0.1) is 0 Å². The Bertz CT molecular complexity index is 2530. The molecule has 0 aliphatic carbocycles. The molecule has 0 spiro atoms. The van der Waals surface area contributed by atoms with Crippen LogP contribution in [0.5, 0.6) is 0 Å². The van der Waals surface area contributed by atoms with Crippen molar-refractivity contribution < 1.29 is 28.7 Å². The topological polar surface area (TPSA) is 223 Å². The van der Waals surface area contributed by atoms with Gasteiger partial charge in [-0.2, -0.15) is 0 Å². The van der Waals surface area contributed by atoms with Crippen LogP contribution in [-0.2, 0) is 9.47 Å². The van der Waals surface area contributed by atoms with Gasteiger partial charge in [-0.3, -0.25) is 30.4 Å². The van der Waals surface area contributed by atoms with Crippen LogP contribution in [0.1, 0.15) is 68.2 Å². The van der Waals surface area contributed by atoms with E-state index in [1.54, 1.807) is 44.3 Å². The fraction of sp³-hybridized carbons (Fsp3) is 0.542. The molecule has 0 aromatic carbocycles. The smallest absolute Gasteiger partial charge is 0.410 e. The molecular formula is C48H65ClN16O6. The van der Waals surface area contributed by atoms with Gasteiger partial charge in [-0.15, -0.1) is 0 Å². The zero-order chi connectivity index (χ0) is 50.6. The minimum Gasteiger partial charge on any atom is -0.444 e. The second-order valence-electron chi connectivity index (χ2n) is 20.3. The number of hydrogen-bond acceptors (Lipinski definition) is 16. The lowest BCUT2D eigenvalue weighted by atomic mass is 10.1. The number of aromatic nitrogens is 6. The number of hydrogen-bond donors (Lipinski definition) is 3. The second-order valence-corrected chi connectivity index (χ2v) is 20.7. The number of halogens is 1. The molecule has 10 heterocycles. The Morgan fingerprint density at radius 2 is 1.17 bits per heavy atom. The van der Waals surface area contributed by atoms with Crippen LogP contribution in [0.25, 0.3) is 0 Å². The van der Waals surface area contributed by atoms with Crippen molar-refractivity contribution in [1.29, 1.82) is 0 Å². The molecule has 23 heteroatoms. The van der Waals surface area contributed by atoms with E-state index in [1.165, 1.54) is 18.6 Å². The summed E-state index contributed by atoms with van der Waals surface area (Å²) in [7, 11) is 0. The molecular weight excluding hydrogens is 932 g/mol. The van der Waals surface area contributed by atoms with Crippen molar-refractivity contribution in [3.63, 3.8) is 0 Å².